The minimum absolute atomic E-state index is 0.152. The van der Waals surface area contributed by atoms with Crippen LogP contribution in [-0.4, -0.2) is 66.1 Å². The zero-order valence-electron chi connectivity index (χ0n) is 20.1. The summed E-state index contributed by atoms with van der Waals surface area (Å²) in [6.45, 7) is 5.42. The van der Waals surface area contributed by atoms with Crippen LogP contribution in [0.4, 0.5) is 30.7 Å². The third-order valence-corrected chi connectivity index (χ3v) is 6.40. The predicted octanol–water partition coefficient (Wildman–Crippen LogP) is 3.44. The number of piperazine rings is 1. The molecule has 37 heavy (non-hydrogen) atoms. The number of anilines is 3. The third kappa shape index (κ3) is 6.20. The van der Waals surface area contributed by atoms with Crippen LogP contribution >= 0.6 is 0 Å². The number of alkyl halides is 3. The summed E-state index contributed by atoms with van der Waals surface area (Å²) in [5, 5.41) is 8.62. The Hall–Kier alpha value is -3.64. The number of hydrogen-bond donors (Lipinski definition) is 3. The number of oxazole rings is 1. The molecule has 2 aliphatic heterocycles. The molecular weight excluding hydrogens is 487 g/mol. The molecule has 1 aromatic carbocycles. The van der Waals surface area contributed by atoms with Gasteiger partial charge in [0.05, 0.1) is 11.9 Å². The maximum atomic E-state index is 13.7. The molecule has 4 heterocycles. The molecule has 5 rings (SSSR count). The molecule has 0 aliphatic carbocycles. The molecule has 1 unspecified atom stereocenters. The van der Waals surface area contributed by atoms with Gasteiger partial charge in [-0.1, -0.05) is 30.3 Å². The molecule has 9 nitrogen and oxygen atoms in total. The molecule has 3 N–H and O–H groups in total. The number of carbonyl (C=O) groups excluding carboxylic acids is 1. The van der Waals surface area contributed by atoms with Crippen molar-refractivity contribution < 1.29 is 22.4 Å². The highest BCUT2D eigenvalue weighted by Gasteiger charge is 2.41. The van der Waals surface area contributed by atoms with Gasteiger partial charge >= 0.3 is 6.18 Å². The quantitative estimate of drug-likeness (QED) is 0.440. The third-order valence-electron chi connectivity index (χ3n) is 6.40. The fourth-order valence-electron chi connectivity index (χ4n) is 4.57. The Morgan fingerprint density at radius 3 is 2.59 bits per heavy atom. The number of benzene rings is 1. The molecule has 3 aromatic rings. The lowest BCUT2D eigenvalue weighted by atomic mass is 10.2. The Balaban J connectivity index is 1.24. The van der Waals surface area contributed by atoms with E-state index in [1.165, 1.54) is 6.20 Å². The van der Waals surface area contributed by atoms with Crippen molar-refractivity contribution in [2.24, 2.45) is 0 Å². The average molecular weight is 516 g/mol. The van der Waals surface area contributed by atoms with Crippen molar-refractivity contribution >= 4 is 23.4 Å². The van der Waals surface area contributed by atoms with Gasteiger partial charge in [0, 0.05) is 51.9 Å². The standard InChI is InChI=1S/C25H28F3N7O2/c26-25(27,28)22-21(23(36)31-18-6-7-20(30-14-18)35-12-9-29-10-13-35)37-24(33-22)32-19-8-11-34(16-19)15-17-4-2-1-3-5-17/h1-7,14,19,29H,8-13,15-16H2,(H,31,36)(H,32,33). The van der Waals surface area contributed by atoms with Crippen molar-refractivity contribution in [1.82, 2.24) is 20.2 Å². The van der Waals surface area contributed by atoms with Crippen molar-refractivity contribution in [1.29, 1.82) is 0 Å². The Labute approximate surface area is 212 Å². The average Bonchev–Trinajstić information content (AvgIpc) is 3.53. The van der Waals surface area contributed by atoms with Crippen molar-refractivity contribution in [3.05, 3.63) is 65.7 Å². The number of likely N-dealkylation sites (tertiary alicyclic amines) is 1. The lowest BCUT2D eigenvalue weighted by Gasteiger charge is -2.28. The van der Waals surface area contributed by atoms with E-state index in [0.29, 0.717) is 13.0 Å². The van der Waals surface area contributed by atoms with Gasteiger partial charge in [0.2, 0.25) is 5.76 Å². The molecule has 2 fully saturated rings. The number of nitrogens with zero attached hydrogens (tertiary/aromatic N) is 4. The molecule has 12 heteroatoms. The van der Waals surface area contributed by atoms with Crippen LogP contribution in [-0.2, 0) is 12.7 Å². The molecule has 0 bridgehead atoms. The summed E-state index contributed by atoms with van der Waals surface area (Å²) in [6, 6.07) is 12.8. The highest BCUT2D eigenvalue weighted by molar-refractivity contribution is 6.03. The molecule has 0 saturated carbocycles. The zero-order valence-corrected chi connectivity index (χ0v) is 20.1. The minimum Gasteiger partial charge on any atom is -0.418 e. The van der Waals surface area contributed by atoms with Crippen LogP contribution in [0.2, 0.25) is 0 Å². The molecule has 2 aromatic heterocycles. The van der Waals surface area contributed by atoms with Gasteiger partial charge in [-0.05, 0) is 24.1 Å². The smallest absolute Gasteiger partial charge is 0.418 e. The first-order chi connectivity index (χ1) is 17.8. The first-order valence-electron chi connectivity index (χ1n) is 12.2. The van der Waals surface area contributed by atoms with Crippen molar-refractivity contribution in [3.8, 4) is 0 Å². The van der Waals surface area contributed by atoms with E-state index < -0.39 is 23.5 Å². The van der Waals surface area contributed by atoms with E-state index in [1.807, 2.05) is 30.3 Å². The van der Waals surface area contributed by atoms with E-state index in [4.69, 9.17) is 4.42 Å². The summed E-state index contributed by atoms with van der Waals surface area (Å²) in [5.74, 6) is -1.19. The largest absolute Gasteiger partial charge is 0.437 e. The van der Waals surface area contributed by atoms with E-state index in [2.05, 4.69) is 35.7 Å². The number of hydrogen-bond acceptors (Lipinski definition) is 8. The van der Waals surface area contributed by atoms with Crippen LogP contribution < -0.4 is 20.9 Å². The number of carbonyl (C=O) groups is 1. The van der Waals surface area contributed by atoms with Crippen LogP contribution in [0.15, 0.2) is 53.1 Å². The Kier molecular flexibility index (Phi) is 7.28. The summed E-state index contributed by atoms with van der Waals surface area (Å²) in [5.41, 5.74) is 0.0559. The lowest BCUT2D eigenvalue weighted by molar-refractivity contribution is -0.141. The highest BCUT2D eigenvalue weighted by Crippen LogP contribution is 2.34. The first-order valence-corrected chi connectivity index (χ1v) is 12.2. The molecule has 1 amide bonds. The van der Waals surface area contributed by atoms with Crippen LogP contribution in [0.5, 0.6) is 0 Å². The summed E-state index contributed by atoms with van der Waals surface area (Å²) < 4.78 is 46.3. The van der Waals surface area contributed by atoms with Crippen LogP contribution in [0.1, 0.15) is 28.2 Å². The normalized spacial score (nSPS) is 18.7. The van der Waals surface area contributed by atoms with Gasteiger partial charge in [-0.3, -0.25) is 9.69 Å². The molecule has 2 aliphatic rings. The molecule has 2 saturated heterocycles. The number of halogens is 3. The number of nitrogens with one attached hydrogen (secondary N) is 3. The van der Waals surface area contributed by atoms with E-state index in [-0.39, 0.29) is 17.7 Å². The number of aromatic nitrogens is 2. The summed E-state index contributed by atoms with van der Waals surface area (Å²) in [6.07, 6.45) is -2.73. The van der Waals surface area contributed by atoms with Gasteiger partial charge in [0.25, 0.3) is 11.9 Å². The second-order valence-electron chi connectivity index (χ2n) is 9.14. The van der Waals surface area contributed by atoms with Gasteiger partial charge in [-0.15, -0.1) is 0 Å². The van der Waals surface area contributed by atoms with Crippen molar-refractivity contribution in [2.45, 2.75) is 25.2 Å². The summed E-state index contributed by atoms with van der Waals surface area (Å²) >= 11 is 0. The zero-order chi connectivity index (χ0) is 25.8. The maximum Gasteiger partial charge on any atom is 0.437 e. The Bertz CT molecular complexity index is 1200. The summed E-state index contributed by atoms with van der Waals surface area (Å²) in [7, 11) is 0. The fourth-order valence-corrected chi connectivity index (χ4v) is 4.57. The van der Waals surface area contributed by atoms with Gasteiger partial charge in [-0.2, -0.15) is 18.2 Å². The van der Waals surface area contributed by atoms with E-state index >= 15 is 0 Å². The molecule has 196 valence electrons. The van der Waals surface area contributed by atoms with E-state index in [1.54, 1.807) is 12.1 Å². The summed E-state index contributed by atoms with van der Waals surface area (Å²) in [4.78, 5) is 24.9. The number of pyridine rings is 1. The second-order valence-corrected chi connectivity index (χ2v) is 9.14. The van der Waals surface area contributed by atoms with E-state index in [0.717, 1.165) is 50.6 Å². The van der Waals surface area contributed by atoms with Gasteiger partial charge < -0.3 is 25.3 Å². The molecule has 0 radical (unpaired) electrons. The second kappa shape index (κ2) is 10.8. The highest BCUT2D eigenvalue weighted by atomic mass is 19.4. The SMILES string of the molecule is O=C(Nc1ccc(N2CCNCC2)nc1)c1oc(NC2CCN(Cc3ccccc3)C2)nc1C(F)(F)F. The van der Waals surface area contributed by atoms with Crippen LogP contribution in [0.25, 0.3) is 0 Å². The topological polar surface area (TPSA) is 98.6 Å². The molecule has 0 spiro atoms. The number of rotatable bonds is 7. The molecular formula is C25H28F3N7O2. The van der Waals surface area contributed by atoms with Gasteiger partial charge in [0.1, 0.15) is 5.82 Å². The lowest BCUT2D eigenvalue weighted by Crippen LogP contribution is -2.43. The number of amides is 1. The first kappa shape index (κ1) is 25.0. The Morgan fingerprint density at radius 2 is 1.89 bits per heavy atom. The van der Waals surface area contributed by atoms with Crippen molar-refractivity contribution in [3.63, 3.8) is 0 Å². The predicted molar refractivity (Wildman–Crippen MR) is 133 cm³/mol. The van der Waals surface area contributed by atoms with Gasteiger partial charge in [0.15, 0.2) is 5.69 Å². The monoisotopic (exact) mass is 515 g/mol. The fraction of sp³-hybridized carbons (Fsp3) is 0.400. The van der Waals surface area contributed by atoms with Crippen LogP contribution in [0.3, 0.4) is 0 Å². The minimum atomic E-state index is -4.85. The van der Waals surface area contributed by atoms with Crippen molar-refractivity contribution in [2.75, 3.05) is 54.8 Å². The molecule has 1 atom stereocenters. The Morgan fingerprint density at radius 1 is 1.11 bits per heavy atom. The van der Waals surface area contributed by atoms with Crippen LogP contribution in [0, 0.1) is 0 Å². The maximum absolute atomic E-state index is 13.7. The van der Waals surface area contributed by atoms with Gasteiger partial charge in [-0.25, -0.2) is 4.98 Å². The van der Waals surface area contributed by atoms with E-state index in [9.17, 15) is 18.0 Å².